The van der Waals surface area contributed by atoms with Gasteiger partial charge in [0.2, 0.25) is 5.91 Å². The summed E-state index contributed by atoms with van der Waals surface area (Å²) >= 11 is 0. The van der Waals surface area contributed by atoms with Crippen LogP contribution >= 0.6 is 0 Å². The van der Waals surface area contributed by atoms with Crippen molar-refractivity contribution in [2.24, 2.45) is 5.10 Å². The Kier molecular flexibility index (Phi) is 4.23. The lowest BCUT2D eigenvalue weighted by molar-refractivity contribution is -0.127. The summed E-state index contributed by atoms with van der Waals surface area (Å²) in [6.07, 6.45) is 5.61. The summed E-state index contributed by atoms with van der Waals surface area (Å²) in [6.45, 7) is 2.63. The number of hydrogen-bond donors (Lipinski definition) is 0. The molecule has 0 bridgehead atoms. The predicted molar refractivity (Wildman–Crippen MR) is 84.4 cm³/mol. The minimum absolute atomic E-state index is 0.0799. The number of hydrazone groups is 1. The number of carbonyl (C=O) groups excluding carboxylic acids is 1. The van der Waals surface area contributed by atoms with Gasteiger partial charge in [0.25, 0.3) is 0 Å². The maximum absolute atomic E-state index is 11.8. The molecule has 1 fully saturated rings. The van der Waals surface area contributed by atoms with Gasteiger partial charge in [0.1, 0.15) is 0 Å². The fourth-order valence-electron chi connectivity index (χ4n) is 2.46. The molecule has 0 radical (unpaired) electrons. The highest BCUT2D eigenvalue weighted by Crippen LogP contribution is 2.13. The number of rotatable bonds is 4. The highest BCUT2D eigenvalue weighted by Gasteiger charge is 2.21. The molecule has 0 atom stereocenters. The van der Waals surface area contributed by atoms with E-state index in [1.165, 1.54) is 0 Å². The number of aromatic nitrogens is 2. The minimum Gasteiger partial charge on any atom is -0.273 e. The first-order valence-electron chi connectivity index (χ1n) is 7.43. The molecule has 1 aliphatic heterocycles. The van der Waals surface area contributed by atoms with Crippen molar-refractivity contribution in [2.75, 3.05) is 6.54 Å². The first-order chi connectivity index (χ1) is 10.7. The van der Waals surface area contributed by atoms with Crippen LogP contribution in [-0.2, 0) is 11.2 Å². The molecule has 0 aliphatic carbocycles. The first-order valence-corrected chi connectivity index (χ1v) is 7.43. The van der Waals surface area contributed by atoms with Gasteiger partial charge in [0.05, 0.1) is 11.4 Å². The Labute approximate surface area is 129 Å². The highest BCUT2D eigenvalue weighted by molar-refractivity contribution is 6.00. The van der Waals surface area contributed by atoms with Crippen LogP contribution in [0.1, 0.15) is 29.8 Å². The second-order valence-electron chi connectivity index (χ2n) is 5.37. The van der Waals surface area contributed by atoms with E-state index >= 15 is 0 Å². The summed E-state index contributed by atoms with van der Waals surface area (Å²) in [7, 11) is 0. The van der Waals surface area contributed by atoms with Gasteiger partial charge in [-0.1, -0.05) is 12.1 Å². The minimum atomic E-state index is 0.0799. The van der Waals surface area contributed by atoms with Crippen LogP contribution in [0.2, 0.25) is 0 Å². The van der Waals surface area contributed by atoms with Crippen molar-refractivity contribution in [3.05, 3.63) is 59.7 Å². The molecule has 1 amide bonds. The topological polar surface area (TPSA) is 58.5 Å². The molecule has 5 nitrogen and oxygen atoms in total. The molecule has 5 heteroatoms. The van der Waals surface area contributed by atoms with Crippen LogP contribution in [0.4, 0.5) is 0 Å². The smallest absolute Gasteiger partial charge is 0.242 e. The third kappa shape index (κ3) is 3.36. The van der Waals surface area contributed by atoms with Crippen molar-refractivity contribution in [1.82, 2.24) is 15.0 Å². The summed E-state index contributed by atoms with van der Waals surface area (Å²) in [6, 6.07) is 9.75. The number of amides is 1. The van der Waals surface area contributed by atoms with Crippen molar-refractivity contribution in [2.45, 2.75) is 26.2 Å². The Bertz CT molecular complexity index is 697. The average Bonchev–Trinajstić information content (AvgIpc) is 2.93. The molecule has 0 unspecified atom stereocenters. The number of hydrogen-bond acceptors (Lipinski definition) is 4. The summed E-state index contributed by atoms with van der Waals surface area (Å²) in [5.41, 5.74) is 3.59. The standard InChI is InChI=1S/C17H18N4O/c1-13-5-2-7-15(19-13)16(11-14-6-3-9-18-12-14)20-21-10-4-8-17(21)22/h2-3,5-7,9,12H,4,8,10-11H2,1H3. The maximum Gasteiger partial charge on any atom is 0.242 e. The zero-order valence-electron chi connectivity index (χ0n) is 12.6. The van der Waals surface area contributed by atoms with E-state index in [9.17, 15) is 4.79 Å². The maximum atomic E-state index is 11.8. The second kappa shape index (κ2) is 6.47. The molecular weight excluding hydrogens is 276 g/mol. The van der Waals surface area contributed by atoms with Crippen LogP contribution < -0.4 is 0 Å². The third-order valence-corrected chi connectivity index (χ3v) is 3.57. The predicted octanol–water partition coefficient (Wildman–Crippen LogP) is 2.35. The summed E-state index contributed by atoms with van der Waals surface area (Å²) < 4.78 is 0. The van der Waals surface area contributed by atoms with Crippen LogP contribution in [0, 0.1) is 6.92 Å². The van der Waals surface area contributed by atoms with E-state index in [4.69, 9.17) is 0 Å². The van der Waals surface area contributed by atoms with Gasteiger partial charge in [0, 0.05) is 37.5 Å². The fraction of sp³-hybridized carbons (Fsp3) is 0.294. The number of aryl methyl sites for hydroxylation is 1. The Balaban J connectivity index is 1.94. The Hall–Kier alpha value is -2.56. The molecule has 112 valence electrons. The normalized spacial score (nSPS) is 15.4. The molecule has 0 aromatic carbocycles. The van der Waals surface area contributed by atoms with Gasteiger partial charge in [-0.25, -0.2) is 5.01 Å². The first kappa shape index (κ1) is 14.4. The Morgan fingerprint density at radius 3 is 2.91 bits per heavy atom. The molecule has 2 aromatic rings. The second-order valence-corrected chi connectivity index (χ2v) is 5.37. The van der Waals surface area contributed by atoms with Gasteiger partial charge >= 0.3 is 0 Å². The van der Waals surface area contributed by atoms with Gasteiger partial charge in [-0.3, -0.25) is 14.8 Å². The monoisotopic (exact) mass is 294 g/mol. The molecular formula is C17H18N4O. The van der Waals surface area contributed by atoms with E-state index < -0.39 is 0 Å². The van der Waals surface area contributed by atoms with Gasteiger partial charge < -0.3 is 0 Å². The van der Waals surface area contributed by atoms with Crippen LogP contribution in [0.3, 0.4) is 0 Å². The molecule has 3 heterocycles. The zero-order valence-corrected chi connectivity index (χ0v) is 12.6. The highest BCUT2D eigenvalue weighted by atomic mass is 16.2. The van der Waals surface area contributed by atoms with Crippen LogP contribution in [0.15, 0.2) is 47.8 Å². The molecule has 0 N–H and O–H groups in total. The lowest BCUT2D eigenvalue weighted by Crippen LogP contribution is -2.22. The van der Waals surface area contributed by atoms with Gasteiger partial charge in [-0.15, -0.1) is 0 Å². The van der Waals surface area contributed by atoms with Crippen molar-refractivity contribution in [3.63, 3.8) is 0 Å². The summed E-state index contributed by atoms with van der Waals surface area (Å²) in [5.74, 6) is 0.0799. The number of carbonyl (C=O) groups is 1. The van der Waals surface area contributed by atoms with E-state index in [1.807, 2.05) is 43.5 Å². The SMILES string of the molecule is Cc1cccc(C(Cc2cccnc2)=NN2CCCC2=O)n1. The molecule has 3 rings (SSSR count). The van der Waals surface area contributed by atoms with Crippen LogP contribution in [0.25, 0.3) is 0 Å². The Morgan fingerprint density at radius 1 is 1.32 bits per heavy atom. The number of pyridine rings is 2. The van der Waals surface area contributed by atoms with Gasteiger partial charge in [0.15, 0.2) is 0 Å². The molecule has 0 saturated carbocycles. The van der Waals surface area contributed by atoms with Crippen molar-refractivity contribution < 1.29 is 4.79 Å². The van der Waals surface area contributed by atoms with E-state index in [-0.39, 0.29) is 5.91 Å². The van der Waals surface area contributed by atoms with Crippen molar-refractivity contribution >= 4 is 11.6 Å². The largest absolute Gasteiger partial charge is 0.273 e. The quantitative estimate of drug-likeness (QED) is 0.813. The van der Waals surface area contributed by atoms with E-state index in [0.29, 0.717) is 19.4 Å². The van der Waals surface area contributed by atoms with Crippen LogP contribution in [-0.4, -0.2) is 33.1 Å². The third-order valence-electron chi connectivity index (χ3n) is 3.57. The fourth-order valence-corrected chi connectivity index (χ4v) is 2.46. The molecule has 0 spiro atoms. The van der Waals surface area contributed by atoms with Gasteiger partial charge in [-0.2, -0.15) is 5.10 Å². The van der Waals surface area contributed by atoms with Crippen molar-refractivity contribution in [1.29, 1.82) is 0 Å². The molecule has 1 aliphatic rings. The molecule has 1 saturated heterocycles. The summed E-state index contributed by atoms with van der Waals surface area (Å²) in [4.78, 5) is 20.5. The van der Waals surface area contributed by atoms with Crippen LogP contribution in [0.5, 0.6) is 0 Å². The van der Waals surface area contributed by atoms with E-state index in [2.05, 4.69) is 15.1 Å². The number of nitrogens with zero attached hydrogens (tertiary/aromatic N) is 4. The average molecular weight is 294 g/mol. The lowest BCUT2D eigenvalue weighted by atomic mass is 10.1. The van der Waals surface area contributed by atoms with Gasteiger partial charge in [-0.05, 0) is 37.1 Å². The summed E-state index contributed by atoms with van der Waals surface area (Å²) in [5, 5.41) is 6.14. The molecule has 22 heavy (non-hydrogen) atoms. The zero-order chi connectivity index (χ0) is 15.4. The van der Waals surface area contributed by atoms with E-state index in [0.717, 1.165) is 29.1 Å². The van der Waals surface area contributed by atoms with E-state index in [1.54, 1.807) is 11.2 Å². The van der Waals surface area contributed by atoms with Crippen molar-refractivity contribution in [3.8, 4) is 0 Å². The lowest BCUT2D eigenvalue weighted by Gasteiger charge is -2.13. The Morgan fingerprint density at radius 2 is 2.23 bits per heavy atom. The molecule has 2 aromatic heterocycles.